The Morgan fingerprint density at radius 2 is 1.80 bits per heavy atom. The van der Waals surface area contributed by atoms with Crippen molar-refractivity contribution in [2.75, 3.05) is 19.6 Å². The second-order valence-electron chi connectivity index (χ2n) is 5.90. The van der Waals surface area contributed by atoms with Gasteiger partial charge in [-0.2, -0.15) is 0 Å². The van der Waals surface area contributed by atoms with Crippen molar-refractivity contribution in [3.8, 4) is 0 Å². The lowest BCUT2D eigenvalue weighted by Gasteiger charge is -2.20. The van der Waals surface area contributed by atoms with Gasteiger partial charge in [0.25, 0.3) is 17.7 Å². The van der Waals surface area contributed by atoms with E-state index in [1.54, 1.807) is 6.92 Å². The largest absolute Gasteiger partial charge is 0.481 e. The molecular formula is C18H22N2O5. The van der Waals surface area contributed by atoms with E-state index < -0.39 is 5.97 Å². The van der Waals surface area contributed by atoms with Gasteiger partial charge in [-0.25, -0.2) is 0 Å². The summed E-state index contributed by atoms with van der Waals surface area (Å²) in [5.74, 6) is -2.03. The number of nitrogens with zero attached hydrogens (tertiary/aromatic N) is 2. The van der Waals surface area contributed by atoms with E-state index in [1.165, 1.54) is 28.0 Å². The molecule has 2 rings (SSSR count). The van der Waals surface area contributed by atoms with Gasteiger partial charge in [0, 0.05) is 25.2 Å². The fourth-order valence-electron chi connectivity index (χ4n) is 2.76. The number of carbonyl (C=O) groups excluding carboxylic acids is 3. The maximum atomic E-state index is 12.6. The molecule has 1 aliphatic heterocycles. The van der Waals surface area contributed by atoms with E-state index in [0.717, 1.165) is 12.8 Å². The van der Waals surface area contributed by atoms with Crippen LogP contribution in [0.25, 0.3) is 0 Å². The van der Waals surface area contributed by atoms with Crippen LogP contribution >= 0.6 is 0 Å². The van der Waals surface area contributed by atoms with Crippen LogP contribution in [-0.4, -0.2) is 58.2 Å². The lowest BCUT2D eigenvalue weighted by molar-refractivity contribution is -0.137. The Morgan fingerprint density at radius 3 is 2.40 bits per heavy atom. The first-order valence-electron chi connectivity index (χ1n) is 8.42. The van der Waals surface area contributed by atoms with E-state index in [1.807, 2.05) is 6.92 Å². The molecule has 1 aromatic carbocycles. The van der Waals surface area contributed by atoms with Crippen LogP contribution in [0.5, 0.6) is 0 Å². The van der Waals surface area contributed by atoms with Gasteiger partial charge >= 0.3 is 5.97 Å². The summed E-state index contributed by atoms with van der Waals surface area (Å²) >= 11 is 0. The predicted molar refractivity (Wildman–Crippen MR) is 90.5 cm³/mol. The lowest BCUT2D eigenvalue weighted by Crippen LogP contribution is -2.33. The van der Waals surface area contributed by atoms with E-state index >= 15 is 0 Å². The number of unbranched alkanes of at least 4 members (excludes halogenated alkanes) is 1. The minimum Gasteiger partial charge on any atom is -0.481 e. The molecule has 134 valence electrons. The summed E-state index contributed by atoms with van der Waals surface area (Å²) in [5.41, 5.74) is 0.831. The second kappa shape index (κ2) is 7.92. The van der Waals surface area contributed by atoms with Crippen LogP contribution in [0, 0.1) is 0 Å². The molecule has 0 saturated heterocycles. The molecule has 0 unspecified atom stereocenters. The van der Waals surface area contributed by atoms with Crippen LogP contribution in [0.15, 0.2) is 18.2 Å². The third-order valence-corrected chi connectivity index (χ3v) is 4.22. The maximum Gasteiger partial charge on any atom is 0.305 e. The Balaban J connectivity index is 2.23. The molecule has 0 bridgehead atoms. The summed E-state index contributed by atoms with van der Waals surface area (Å²) in [5, 5.41) is 8.78. The fourth-order valence-corrected chi connectivity index (χ4v) is 2.76. The number of carboxylic acid groups (broad SMARTS) is 1. The van der Waals surface area contributed by atoms with Crippen LogP contribution < -0.4 is 0 Å². The summed E-state index contributed by atoms with van der Waals surface area (Å²) in [7, 11) is 0. The normalized spacial score (nSPS) is 13.1. The topological polar surface area (TPSA) is 95.0 Å². The minimum absolute atomic E-state index is 0.0945. The van der Waals surface area contributed by atoms with Crippen LogP contribution in [0.1, 0.15) is 64.2 Å². The Kier molecular flexibility index (Phi) is 5.90. The van der Waals surface area contributed by atoms with E-state index in [4.69, 9.17) is 5.11 Å². The molecule has 0 aromatic heterocycles. The van der Waals surface area contributed by atoms with Gasteiger partial charge in [-0.1, -0.05) is 13.3 Å². The number of carbonyl (C=O) groups is 4. The number of carboxylic acids is 1. The molecule has 0 atom stereocenters. The van der Waals surface area contributed by atoms with E-state index in [2.05, 4.69) is 0 Å². The molecule has 3 amide bonds. The van der Waals surface area contributed by atoms with Crippen molar-refractivity contribution >= 4 is 23.7 Å². The molecule has 7 nitrogen and oxygen atoms in total. The second-order valence-corrected chi connectivity index (χ2v) is 5.90. The Bertz CT molecular complexity index is 713. The van der Waals surface area contributed by atoms with Crippen molar-refractivity contribution in [1.82, 2.24) is 9.80 Å². The lowest BCUT2D eigenvalue weighted by atomic mass is 10.0. The summed E-state index contributed by atoms with van der Waals surface area (Å²) < 4.78 is 0. The summed E-state index contributed by atoms with van der Waals surface area (Å²) in [6.07, 6.45) is 1.45. The SMILES string of the molecule is CCCCN1C(=O)c2ccc(C(=O)N(CC)CCC(=O)O)cc2C1=O. The van der Waals surface area contributed by atoms with Crippen molar-refractivity contribution in [2.45, 2.75) is 33.1 Å². The van der Waals surface area contributed by atoms with Crippen molar-refractivity contribution in [3.05, 3.63) is 34.9 Å². The zero-order valence-corrected chi connectivity index (χ0v) is 14.4. The van der Waals surface area contributed by atoms with Crippen molar-refractivity contribution in [1.29, 1.82) is 0 Å². The van der Waals surface area contributed by atoms with Crippen LogP contribution in [0.4, 0.5) is 0 Å². The van der Waals surface area contributed by atoms with Crippen LogP contribution in [-0.2, 0) is 4.79 Å². The van der Waals surface area contributed by atoms with Crippen LogP contribution in [0.2, 0.25) is 0 Å². The molecule has 1 N–H and O–H groups in total. The molecule has 0 fully saturated rings. The smallest absolute Gasteiger partial charge is 0.305 e. The zero-order chi connectivity index (χ0) is 18.6. The maximum absolute atomic E-state index is 12.6. The van der Waals surface area contributed by atoms with E-state index in [9.17, 15) is 19.2 Å². The first-order chi connectivity index (χ1) is 11.9. The molecule has 25 heavy (non-hydrogen) atoms. The predicted octanol–water partition coefficient (Wildman–Crippen LogP) is 2.02. The Hall–Kier alpha value is -2.70. The number of benzene rings is 1. The number of amides is 3. The van der Waals surface area contributed by atoms with Gasteiger partial charge < -0.3 is 10.0 Å². The van der Waals surface area contributed by atoms with E-state index in [0.29, 0.717) is 18.7 Å². The third kappa shape index (κ3) is 3.87. The molecule has 0 saturated carbocycles. The van der Waals surface area contributed by atoms with Gasteiger partial charge in [0.15, 0.2) is 0 Å². The molecule has 1 heterocycles. The Morgan fingerprint density at radius 1 is 1.12 bits per heavy atom. The number of fused-ring (bicyclic) bond motifs is 1. The van der Waals surface area contributed by atoms with Gasteiger partial charge in [0.05, 0.1) is 17.5 Å². The highest BCUT2D eigenvalue weighted by molar-refractivity contribution is 6.22. The molecule has 1 aliphatic rings. The molecule has 0 radical (unpaired) electrons. The molecule has 7 heteroatoms. The first-order valence-corrected chi connectivity index (χ1v) is 8.42. The van der Waals surface area contributed by atoms with Gasteiger partial charge in [0.1, 0.15) is 0 Å². The highest BCUT2D eigenvalue weighted by Gasteiger charge is 2.35. The van der Waals surface area contributed by atoms with Crippen LogP contribution in [0.3, 0.4) is 0 Å². The van der Waals surface area contributed by atoms with Crippen molar-refractivity contribution in [2.24, 2.45) is 0 Å². The summed E-state index contributed by atoms with van der Waals surface area (Å²) in [6.45, 7) is 4.56. The van der Waals surface area contributed by atoms with Gasteiger partial charge in [-0.3, -0.25) is 24.1 Å². The third-order valence-electron chi connectivity index (χ3n) is 4.22. The first kappa shape index (κ1) is 18.6. The van der Waals surface area contributed by atoms with Gasteiger partial charge in [0.2, 0.25) is 0 Å². The quantitative estimate of drug-likeness (QED) is 0.727. The average molecular weight is 346 g/mol. The van der Waals surface area contributed by atoms with Crippen molar-refractivity contribution in [3.63, 3.8) is 0 Å². The number of hydrogen-bond acceptors (Lipinski definition) is 4. The summed E-state index contributed by atoms with van der Waals surface area (Å²) in [6, 6.07) is 4.45. The number of imide groups is 1. The monoisotopic (exact) mass is 346 g/mol. The molecule has 0 spiro atoms. The standard InChI is InChI=1S/C18H22N2O5/c1-3-5-9-20-17(24)13-7-6-12(11-14(13)18(20)25)16(23)19(4-2)10-8-15(21)22/h6-7,11H,3-5,8-10H2,1-2H3,(H,21,22). The molecular weight excluding hydrogens is 324 g/mol. The van der Waals surface area contributed by atoms with E-state index in [-0.39, 0.29) is 41.8 Å². The molecule has 1 aromatic rings. The highest BCUT2D eigenvalue weighted by atomic mass is 16.4. The summed E-state index contributed by atoms with van der Waals surface area (Å²) in [4.78, 5) is 50.6. The zero-order valence-electron chi connectivity index (χ0n) is 14.4. The fraction of sp³-hybridized carbons (Fsp3) is 0.444. The minimum atomic E-state index is -0.979. The molecule has 0 aliphatic carbocycles. The average Bonchev–Trinajstić information content (AvgIpc) is 2.83. The number of hydrogen-bond donors (Lipinski definition) is 1. The van der Waals surface area contributed by atoms with Gasteiger partial charge in [-0.05, 0) is 31.5 Å². The number of aliphatic carboxylic acids is 1. The van der Waals surface area contributed by atoms with Crippen molar-refractivity contribution < 1.29 is 24.3 Å². The number of rotatable bonds is 8. The van der Waals surface area contributed by atoms with Gasteiger partial charge in [-0.15, -0.1) is 0 Å². The highest BCUT2D eigenvalue weighted by Crippen LogP contribution is 2.25. The Labute approximate surface area is 146 Å².